The highest BCUT2D eigenvalue weighted by Gasteiger charge is 2.39. The molecule has 0 spiro atoms. The topological polar surface area (TPSA) is 377 Å². The zero-order valence-electron chi connectivity index (χ0n) is 61.6. The van der Waals surface area contributed by atoms with Crippen LogP contribution in [-0.4, -0.2) is 57.8 Å². The van der Waals surface area contributed by atoms with E-state index in [1.807, 2.05) is 27.7 Å². The molecule has 25 nitrogen and oxygen atoms in total. The average molecular weight is 1860 g/mol. The number of H-pyrrole nitrogens is 4. The van der Waals surface area contributed by atoms with E-state index in [0.29, 0.717) is 62.1 Å². The Labute approximate surface area is 719 Å². The highest BCUT2D eigenvalue weighted by atomic mass is 35.5. The fourth-order valence-corrected chi connectivity index (χ4v) is 14.5. The van der Waals surface area contributed by atoms with Crippen molar-refractivity contribution in [3.05, 3.63) is 282 Å². The predicted molar refractivity (Wildman–Crippen MR) is 452 cm³/mol. The van der Waals surface area contributed by atoms with Crippen molar-refractivity contribution in [1.82, 2.24) is 19.9 Å². The summed E-state index contributed by atoms with van der Waals surface area (Å²) < 4.78 is 92.7. The molecular formula is C78H54Cl10F7N11O14. The zero-order chi connectivity index (χ0) is 88.5. The number of ketones is 4. The van der Waals surface area contributed by atoms with Crippen LogP contribution >= 0.6 is 116 Å². The number of nitro groups is 3. The molecule has 1 fully saturated rings. The van der Waals surface area contributed by atoms with E-state index in [9.17, 15) is 99.4 Å². The van der Waals surface area contributed by atoms with Crippen LogP contribution in [0.4, 0.5) is 93.8 Å². The number of non-ortho nitro benzene ring substituents is 3. The Morgan fingerprint density at radius 1 is 0.433 bits per heavy atom. The van der Waals surface area contributed by atoms with E-state index >= 15 is 0 Å². The number of anilines is 8. The molecule has 42 heteroatoms. The third-order valence-corrected chi connectivity index (χ3v) is 20.5. The summed E-state index contributed by atoms with van der Waals surface area (Å²) in [5, 5.41) is 46.1. The summed E-state index contributed by atoms with van der Waals surface area (Å²) >= 11 is 60.9. The van der Waals surface area contributed by atoms with Gasteiger partial charge in [-0.1, -0.05) is 150 Å². The molecule has 1 aliphatic carbocycles. The molecule has 0 unspecified atom stereocenters. The molecule has 0 atom stereocenters. The monoisotopic (exact) mass is 1850 g/mol. The van der Waals surface area contributed by atoms with Crippen molar-refractivity contribution >= 4 is 246 Å². The maximum Gasteiger partial charge on any atom is 0.416 e. The fourth-order valence-electron chi connectivity index (χ4n) is 12.2. The van der Waals surface area contributed by atoms with Gasteiger partial charge in [0.1, 0.15) is 67.5 Å². The number of alkyl halides is 6. The predicted octanol–water partition coefficient (Wildman–Crippen LogP) is 24.8. The summed E-state index contributed by atoms with van der Waals surface area (Å²) in [6.45, 7) is 8.24. The number of pyridine rings is 4. The second-order valence-electron chi connectivity index (χ2n) is 27.3. The molecule has 0 aliphatic heterocycles. The Hall–Kier alpha value is -10.9. The summed E-state index contributed by atoms with van der Waals surface area (Å²) in [5.74, 6) is -3.95. The Morgan fingerprint density at radius 2 is 0.758 bits per heavy atom. The first-order valence-corrected chi connectivity index (χ1v) is 38.4. The minimum Gasteiger partial charge on any atom is -0.341 e. The number of hydrogen-bond donors (Lipinski definition) is 8. The lowest BCUT2D eigenvalue weighted by Gasteiger charge is -2.17. The van der Waals surface area contributed by atoms with Gasteiger partial charge < -0.3 is 41.2 Å². The molecular weight excluding hydrogens is 1800 g/mol. The normalized spacial score (nSPS) is 12.0. The lowest BCUT2D eigenvalue weighted by Crippen LogP contribution is -2.21. The Balaban J connectivity index is 0.000000168. The van der Waals surface area contributed by atoms with E-state index in [-0.39, 0.29) is 145 Å². The molecule has 4 aromatic heterocycles. The summed E-state index contributed by atoms with van der Waals surface area (Å²) in [6, 6.07) is 24.1. The first kappa shape index (κ1) is 91.4. The molecule has 13 rings (SSSR count). The summed E-state index contributed by atoms with van der Waals surface area (Å²) in [6.07, 6.45) is -8.74. The molecule has 0 amide bonds. The first-order chi connectivity index (χ1) is 56.1. The van der Waals surface area contributed by atoms with E-state index in [1.54, 1.807) is 42.5 Å². The van der Waals surface area contributed by atoms with Gasteiger partial charge in [0.15, 0.2) is 23.1 Å². The first-order valence-electron chi connectivity index (χ1n) is 34.6. The maximum absolute atomic E-state index is 14.1. The minimum absolute atomic E-state index is 0.0320. The van der Waals surface area contributed by atoms with Crippen LogP contribution in [0.25, 0.3) is 43.6 Å². The van der Waals surface area contributed by atoms with Gasteiger partial charge in [0.2, 0.25) is 21.7 Å². The Kier molecular flexibility index (Phi) is 28.2. The van der Waals surface area contributed by atoms with Crippen molar-refractivity contribution in [2.45, 2.75) is 72.7 Å². The zero-order valence-corrected chi connectivity index (χ0v) is 69.1. The minimum atomic E-state index is -5.11. The second kappa shape index (κ2) is 37.0. The summed E-state index contributed by atoms with van der Waals surface area (Å²) in [7, 11) is 0. The van der Waals surface area contributed by atoms with Crippen LogP contribution in [0.3, 0.4) is 0 Å². The van der Waals surface area contributed by atoms with Crippen LogP contribution in [0.15, 0.2) is 141 Å². The van der Waals surface area contributed by atoms with Gasteiger partial charge in [-0.15, -0.1) is 0 Å². The second-order valence-corrected chi connectivity index (χ2v) is 31.4. The highest BCUT2D eigenvalue weighted by Crippen LogP contribution is 2.43. The number of Topliss-reactive ketones (excluding diaryl/α,β-unsaturated/α-hetero) is 4. The van der Waals surface area contributed by atoms with Crippen LogP contribution in [0.1, 0.15) is 113 Å². The van der Waals surface area contributed by atoms with Gasteiger partial charge in [-0.3, -0.25) is 68.7 Å². The van der Waals surface area contributed by atoms with E-state index in [1.165, 1.54) is 30.3 Å². The number of nitro benzene ring substituents is 3. The highest BCUT2D eigenvalue weighted by molar-refractivity contribution is 6.44. The number of fused-ring (bicyclic) bond motifs is 4. The summed E-state index contributed by atoms with van der Waals surface area (Å²) in [4.78, 5) is 147. The number of carbonyl (C=O) groups excluding carboxylic acids is 4. The van der Waals surface area contributed by atoms with Crippen LogP contribution < -0.4 is 43.0 Å². The largest absolute Gasteiger partial charge is 0.416 e. The van der Waals surface area contributed by atoms with Gasteiger partial charge in [0.05, 0.1) is 89.2 Å². The van der Waals surface area contributed by atoms with Crippen LogP contribution in [0.2, 0.25) is 50.2 Å². The molecule has 120 heavy (non-hydrogen) atoms. The molecule has 0 bridgehead atoms. The smallest absolute Gasteiger partial charge is 0.341 e. The molecule has 1 aliphatic rings. The van der Waals surface area contributed by atoms with Crippen molar-refractivity contribution in [2.75, 3.05) is 21.3 Å². The average Bonchev–Trinajstić information content (AvgIpc) is 1.03. The van der Waals surface area contributed by atoms with Crippen LogP contribution in [0.5, 0.6) is 0 Å². The van der Waals surface area contributed by atoms with Crippen molar-refractivity contribution in [1.29, 1.82) is 0 Å². The molecule has 1 saturated carbocycles. The molecule has 624 valence electrons. The number of carbonyl (C=O) groups is 4. The van der Waals surface area contributed by atoms with Gasteiger partial charge in [0, 0.05) is 74.1 Å². The third-order valence-electron chi connectivity index (χ3n) is 17.5. The van der Waals surface area contributed by atoms with Gasteiger partial charge in [-0.05, 0) is 129 Å². The van der Waals surface area contributed by atoms with Gasteiger partial charge in [-0.2, -0.15) is 26.3 Å². The van der Waals surface area contributed by atoms with E-state index in [0.717, 1.165) is 37.3 Å². The number of aromatic amines is 4. The molecule has 4 heterocycles. The number of nitrogens with one attached hydrogen (secondary N) is 8. The molecule has 0 saturated heterocycles. The van der Waals surface area contributed by atoms with E-state index in [4.69, 9.17) is 116 Å². The van der Waals surface area contributed by atoms with Gasteiger partial charge >= 0.3 is 12.4 Å². The SMILES string of the molecule is CC(=O)c1c(Nc2cc(C(F)(F)F)cc(C(F)(F)F)c2)[nH]c2c(Cl)ccc(F)c2c1=O.CC(C)CC(=O)c1c(Nc2cc(Cl)cc(Cl)c2)[nH]c2c(Cl)ccc([N+](=O)[O-])c2c1=O.CC(C)CC(=O)c1c(Nc2cccc(Cl)c2Cl)[nH]c2c(Cl)ccc([N+](=O)[O-])c2c1=O.O=C(c1c(Nc2cc(Cl)cc(Cl)c2)[nH]c2c(Cl)ccc([N+](=O)[O-])c2c1=O)C1CC1. The van der Waals surface area contributed by atoms with E-state index in [2.05, 4.69) is 41.2 Å². The van der Waals surface area contributed by atoms with Gasteiger partial charge in [0.25, 0.3) is 17.1 Å². The number of hydrogen-bond acceptors (Lipinski definition) is 18. The van der Waals surface area contributed by atoms with Crippen molar-refractivity contribution in [3.63, 3.8) is 0 Å². The Bertz CT molecular complexity index is 6490. The van der Waals surface area contributed by atoms with Crippen molar-refractivity contribution < 1.29 is 64.7 Å². The summed E-state index contributed by atoms with van der Waals surface area (Å²) in [5.41, 5.74) is -8.96. The van der Waals surface area contributed by atoms with Crippen LogP contribution in [0, 0.1) is 53.9 Å². The van der Waals surface area contributed by atoms with Gasteiger partial charge in [-0.25, -0.2) is 4.39 Å². The third kappa shape index (κ3) is 20.6. The molecule has 8 aromatic carbocycles. The number of rotatable bonds is 20. The maximum atomic E-state index is 14.1. The molecule has 8 N–H and O–H groups in total. The standard InChI is InChI=1S/2C20H16Cl3N3O4.C19H12Cl3N3O4.C19H10ClF7N2O2/c1-9(2)5-15(27)17-19(28)16-14(26(29)30)4-3-13(23)18(16)25-20(17)24-12-7-10(21)6-11(22)8-12;1-9(2)8-14(27)16-19(28)15-13(26(29)30)7-6-11(22)18(15)25-20(16)24-12-5-3-4-10(21)17(12)23;20-9-5-10(21)7-11(6-9)23-19-15(17(26)8-1-2-8)18(27)14-13(25(28)29)4-3-12(22)16(14)24-19;1-7(30)13-16(31)14-12(21)3-2-11(20)15(14)29-17(13)28-10-5-8(18(22,23)24)4-9(6-10)19(25,26)27/h3-4,6-9H,5H2,1-2H3,(H2,24,25,28);3-7,9H,8H2,1-2H3,(H2,24,25,28);3-8H,1-2H2,(H2,23,24,27);2-6H,1H3,(H2,28,29,31). The van der Waals surface area contributed by atoms with Crippen molar-refractivity contribution in [2.24, 2.45) is 17.8 Å². The number of nitrogens with zero attached hydrogens (tertiary/aromatic N) is 3. The van der Waals surface area contributed by atoms with Crippen molar-refractivity contribution in [3.8, 4) is 0 Å². The number of aromatic nitrogens is 4. The lowest BCUT2D eigenvalue weighted by atomic mass is 9.99. The lowest BCUT2D eigenvalue weighted by molar-refractivity contribution is -0.383. The van der Waals surface area contributed by atoms with Crippen LogP contribution in [-0.2, 0) is 12.4 Å². The van der Waals surface area contributed by atoms with E-state index < -0.39 is 123 Å². The number of benzene rings is 8. The Morgan fingerprint density at radius 3 is 1.11 bits per heavy atom. The fraction of sp³-hybridized carbons (Fsp3) is 0.179. The quantitative estimate of drug-likeness (QED) is 0.0152. The molecule has 12 aromatic rings. The number of halogens is 17. The molecule has 0 radical (unpaired) electrons.